The molecule has 0 atom stereocenters. The van der Waals surface area contributed by atoms with Crippen molar-refractivity contribution >= 4 is 17.4 Å². The number of aromatic nitrogens is 2. The Balaban J connectivity index is 1.25. The molecule has 0 bridgehead atoms. The fraction of sp³-hybridized carbons (Fsp3) is 0.409. The fourth-order valence-corrected chi connectivity index (χ4v) is 4.29. The van der Waals surface area contributed by atoms with Crippen LogP contribution in [0.25, 0.3) is 5.57 Å². The Morgan fingerprint density at radius 2 is 1.93 bits per heavy atom. The highest BCUT2D eigenvalue weighted by atomic mass is 16.5. The molecule has 2 aromatic rings. The Labute approximate surface area is 170 Å². The van der Waals surface area contributed by atoms with E-state index in [4.69, 9.17) is 5.21 Å². The molecule has 0 saturated carbocycles. The van der Waals surface area contributed by atoms with Crippen LogP contribution in [0.5, 0.6) is 0 Å². The van der Waals surface area contributed by atoms with Gasteiger partial charge in [0.2, 0.25) is 5.95 Å². The molecule has 2 aliphatic rings. The van der Waals surface area contributed by atoms with Crippen molar-refractivity contribution in [1.29, 1.82) is 0 Å². The van der Waals surface area contributed by atoms with E-state index in [0.717, 1.165) is 45.3 Å². The van der Waals surface area contributed by atoms with Crippen molar-refractivity contribution in [3.8, 4) is 0 Å². The Morgan fingerprint density at radius 3 is 2.66 bits per heavy atom. The third kappa shape index (κ3) is 4.31. The first-order chi connectivity index (χ1) is 14.2. The number of anilines is 1. The van der Waals surface area contributed by atoms with Gasteiger partial charge in [-0.2, -0.15) is 0 Å². The van der Waals surface area contributed by atoms with Crippen molar-refractivity contribution in [2.75, 3.05) is 24.5 Å². The second kappa shape index (κ2) is 8.71. The number of fused-ring (bicyclic) bond motifs is 1. The van der Waals surface area contributed by atoms with Gasteiger partial charge < -0.3 is 10.2 Å². The molecule has 0 unspecified atom stereocenters. The maximum Gasteiger partial charge on any atom is 0.277 e. The number of rotatable bonds is 6. The standard InChI is InChI=1S/C22H27N5O2/c1-15-12-16-4-2-3-5-20(16)19(15)6-9-23-18-7-10-27(11-8-18)22-24-13-17(14-25-22)21(28)26-29/h2-5,13-14,18,23,29H,6-12H2,1H3,(H,26,28). The SMILES string of the molecule is CC1=C(CCNC2CCN(c3ncc(C(=O)NO)cn3)CC2)c2ccccc2C1. The lowest BCUT2D eigenvalue weighted by Crippen LogP contribution is -2.43. The van der Waals surface area contributed by atoms with Gasteiger partial charge in [0.05, 0.1) is 5.56 Å². The number of nitrogens with zero attached hydrogens (tertiary/aromatic N) is 3. The lowest BCUT2D eigenvalue weighted by atomic mass is 10.0. The quantitative estimate of drug-likeness (QED) is 0.516. The Hall–Kier alpha value is -2.77. The van der Waals surface area contributed by atoms with E-state index >= 15 is 0 Å². The first-order valence-electron chi connectivity index (χ1n) is 10.2. The highest BCUT2D eigenvalue weighted by molar-refractivity contribution is 5.92. The normalized spacial score (nSPS) is 16.8. The summed E-state index contributed by atoms with van der Waals surface area (Å²) in [6.45, 7) is 5.01. The second-order valence-electron chi connectivity index (χ2n) is 7.77. The number of carbonyl (C=O) groups excluding carboxylic acids is 1. The monoisotopic (exact) mass is 393 g/mol. The summed E-state index contributed by atoms with van der Waals surface area (Å²) < 4.78 is 0. The molecule has 0 spiro atoms. The largest absolute Gasteiger partial charge is 0.341 e. The van der Waals surface area contributed by atoms with Gasteiger partial charge in [-0.1, -0.05) is 29.8 Å². The summed E-state index contributed by atoms with van der Waals surface area (Å²) >= 11 is 0. The zero-order valence-electron chi connectivity index (χ0n) is 16.7. The zero-order chi connectivity index (χ0) is 20.2. The molecule has 7 nitrogen and oxygen atoms in total. The second-order valence-corrected chi connectivity index (χ2v) is 7.77. The van der Waals surface area contributed by atoms with Crippen molar-refractivity contribution in [3.63, 3.8) is 0 Å². The van der Waals surface area contributed by atoms with Crippen LogP contribution in [-0.2, 0) is 6.42 Å². The van der Waals surface area contributed by atoms with E-state index in [9.17, 15) is 4.79 Å². The van der Waals surface area contributed by atoms with Crippen molar-refractivity contribution in [2.24, 2.45) is 0 Å². The Bertz CT molecular complexity index is 902. The van der Waals surface area contributed by atoms with Crippen LogP contribution in [0.15, 0.2) is 42.2 Å². The summed E-state index contributed by atoms with van der Waals surface area (Å²) in [5, 5.41) is 12.4. The van der Waals surface area contributed by atoms with Gasteiger partial charge in [-0.15, -0.1) is 0 Å². The summed E-state index contributed by atoms with van der Waals surface area (Å²) in [4.78, 5) is 22.0. The van der Waals surface area contributed by atoms with E-state index in [1.807, 2.05) is 0 Å². The van der Waals surface area contributed by atoms with Crippen LogP contribution < -0.4 is 15.7 Å². The lowest BCUT2D eigenvalue weighted by Gasteiger charge is -2.32. The van der Waals surface area contributed by atoms with Crippen LogP contribution in [0.3, 0.4) is 0 Å². The number of amides is 1. The molecule has 7 heteroatoms. The van der Waals surface area contributed by atoms with E-state index in [-0.39, 0.29) is 5.56 Å². The molecule has 1 fully saturated rings. The summed E-state index contributed by atoms with van der Waals surface area (Å²) in [5.74, 6) is 0.0241. The molecule has 1 saturated heterocycles. The number of carbonyl (C=O) groups is 1. The molecule has 1 aromatic heterocycles. The van der Waals surface area contributed by atoms with Crippen LogP contribution in [0.4, 0.5) is 5.95 Å². The molecule has 4 rings (SSSR count). The van der Waals surface area contributed by atoms with Gasteiger partial charge >= 0.3 is 0 Å². The topological polar surface area (TPSA) is 90.4 Å². The third-order valence-electron chi connectivity index (χ3n) is 5.90. The first kappa shape index (κ1) is 19.5. The first-order valence-corrected chi connectivity index (χ1v) is 10.2. The molecule has 29 heavy (non-hydrogen) atoms. The van der Waals surface area contributed by atoms with Gasteiger partial charge in [-0.3, -0.25) is 10.0 Å². The predicted molar refractivity (Wildman–Crippen MR) is 112 cm³/mol. The van der Waals surface area contributed by atoms with Gasteiger partial charge in [-0.05, 0) is 55.9 Å². The van der Waals surface area contributed by atoms with Gasteiger partial charge in [-0.25, -0.2) is 15.4 Å². The predicted octanol–water partition coefficient (Wildman–Crippen LogP) is 2.57. The number of hydrogen-bond donors (Lipinski definition) is 3. The summed E-state index contributed by atoms with van der Waals surface area (Å²) in [7, 11) is 0. The molecule has 0 radical (unpaired) electrons. The van der Waals surface area contributed by atoms with Gasteiger partial charge in [0.15, 0.2) is 0 Å². The van der Waals surface area contributed by atoms with E-state index in [0.29, 0.717) is 12.0 Å². The van der Waals surface area contributed by atoms with Crippen LogP contribution in [0.2, 0.25) is 0 Å². The Kier molecular flexibility index (Phi) is 5.87. The zero-order valence-corrected chi connectivity index (χ0v) is 16.7. The highest BCUT2D eigenvalue weighted by Gasteiger charge is 2.22. The number of benzene rings is 1. The maximum atomic E-state index is 11.4. The average molecular weight is 393 g/mol. The minimum atomic E-state index is -0.602. The lowest BCUT2D eigenvalue weighted by molar-refractivity contribution is 0.0705. The third-order valence-corrected chi connectivity index (χ3v) is 5.90. The van der Waals surface area contributed by atoms with E-state index in [1.54, 1.807) is 5.48 Å². The molecule has 152 valence electrons. The van der Waals surface area contributed by atoms with Crippen molar-refractivity contribution in [3.05, 3.63) is 58.9 Å². The van der Waals surface area contributed by atoms with Crippen molar-refractivity contribution in [1.82, 2.24) is 20.8 Å². The molecule has 1 amide bonds. The number of piperidine rings is 1. The molecule has 3 N–H and O–H groups in total. The van der Waals surface area contributed by atoms with Crippen LogP contribution >= 0.6 is 0 Å². The Morgan fingerprint density at radius 1 is 1.21 bits per heavy atom. The summed E-state index contributed by atoms with van der Waals surface area (Å²) in [5.41, 5.74) is 7.72. The van der Waals surface area contributed by atoms with E-state index in [1.165, 1.54) is 34.7 Å². The molecule has 1 aliphatic carbocycles. The van der Waals surface area contributed by atoms with Crippen molar-refractivity contribution < 1.29 is 10.0 Å². The van der Waals surface area contributed by atoms with Crippen LogP contribution in [0.1, 0.15) is 47.7 Å². The number of nitrogens with one attached hydrogen (secondary N) is 2. The van der Waals surface area contributed by atoms with Gasteiger partial charge in [0, 0.05) is 31.5 Å². The average Bonchev–Trinajstić information content (AvgIpc) is 3.09. The molecule has 2 heterocycles. The fourth-order valence-electron chi connectivity index (χ4n) is 4.29. The smallest absolute Gasteiger partial charge is 0.277 e. The molecule has 1 aromatic carbocycles. The minimum absolute atomic E-state index is 0.242. The molecular weight excluding hydrogens is 366 g/mol. The van der Waals surface area contributed by atoms with E-state index < -0.39 is 5.91 Å². The maximum absolute atomic E-state index is 11.4. The number of allylic oxidation sites excluding steroid dienone is 1. The van der Waals surface area contributed by atoms with Gasteiger partial charge in [0.25, 0.3) is 5.91 Å². The highest BCUT2D eigenvalue weighted by Crippen LogP contribution is 2.34. The minimum Gasteiger partial charge on any atom is -0.341 e. The van der Waals surface area contributed by atoms with Crippen molar-refractivity contribution in [2.45, 2.75) is 38.6 Å². The summed E-state index contributed by atoms with van der Waals surface area (Å²) in [6.07, 6.45) is 7.11. The van der Waals surface area contributed by atoms with Gasteiger partial charge in [0.1, 0.15) is 0 Å². The number of hydrogen-bond acceptors (Lipinski definition) is 6. The van der Waals surface area contributed by atoms with Crippen LogP contribution in [0, 0.1) is 0 Å². The van der Waals surface area contributed by atoms with Crippen LogP contribution in [-0.4, -0.2) is 46.8 Å². The summed E-state index contributed by atoms with van der Waals surface area (Å²) in [6, 6.07) is 9.24. The molecule has 1 aliphatic heterocycles. The van der Waals surface area contributed by atoms with E-state index in [2.05, 4.69) is 51.4 Å². The number of hydroxylamine groups is 1. The molecular formula is C22H27N5O2.